The smallest absolute Gasteiger partial charge is 0.350 e. The number of carboxylic acid groups (broad SMARTS) is 1. The van der Waals surface area contributed by atoms with Gasteiger partial charge < -0.3 is 20.2 Å². The van der Waals surface area contributed by atoms with Crippen LogP contribution in [0.1, 0.15) is 0 Å². The topological polar surface area (TPSA) is 103 Å². The lowest BCUT2D eigenvalue weighted by Crippen LogP contribution is -2.41. The van der Waals surface area contributed by atoms with Crippen molar-refractivity contribution in [1.29, 1.82) is 5.41 Å². The molecule has 0 rings (SSSR count). The Balaban J connectivity index is 4.82. The Bertz CT molecular complexity index is 328. The van der Waals surface area contributed by atoms with E-state index in [-0.39, 0.29) is 5.71 Å². The van der Waals surface area contributed by atoms with Gasteiger partial charge in [-0.05, 0) is 0 Å². The summed E-state index contributed by atoms with van der Waals surface area (Å²) in [4.78, 5) is 27.5. The van der Waals surface area contributed by atoms with Crippen molar-refractivity contribution in [3.8, 4) is 0 Å². The SMILES string of the molecule is CN=C(C(=O)O)C(C=N)C(=O)N(C)CCOC. The first kappa shape index (κ1) is 15.2. The van der Waals surface area contributed by atoms with E-state index in [2.05, 4.69) is 4.99 Å². The van der Waals surface area contributed by atoms with Gasteiger partial charge in [-0.3, -0.25) is 9.79 Å². The van der Waals surface area contributed by atoms with Gasteiger partial charge in [-0.25, -0.2) is 4.79 Å². The zero-order valence-corrected chi connectivity index (χ0v) is 10.1. The van der Waals surface area contributed by atoms with E-state index in [0.717, 1.165) is 6.21 Å². The minimum atomic E-state index is -1.30. The van der Waals surface area contributed by atoms with Gasteiger partial charge in [0.1, 0.15) is 11.6 Å². The standard InChI is InChI=1S/C10H17N3O4/c1-12-8(10(15)16)7(6-11)9(14)13(2)4-5-17-3/h6-7,11H,4-5H2,1-3H3,(H,15,16). The Morgan fingerprint density at radius 1 is 1.59 bits per heavy atom. The van der Waals surface area contributed by atoms with Crippen molar-refractivity contribution in [3.63, 3.8) is 0 Å². The molecule has 2 N–H and O–H groups in total. The largest absolute Gasteiger partial charge is 0.477 e. The number of likely N-dealkylation sites (N-methyl/N-ethyl adjacent to an activating group) is 1. The number of carboxylic acids is 1. The molecule has 0 saturated heterocycles. The van der Waals surface area contributed by atoms with Gasteiger partial charge in [0.15, 0.2) is 0 Å². The molecule has 0 aromatic rings. The lowest BCUT2D eigenvalue weighted by Gasteiger charge is -2.20. The van der Waals surface area contributed by atoms with Gasteiger partial charge in [-0.15, -0.1) is 0 Å². The Morgan fingerprint density at radius 2 is 2.18 bits per heavy atom. The molecule has 0 aliphatic heterocycles. The molecule has 96 valence electrons. The molecule has 0 fully saturated rings. The number of nitrogens with one attached hydrogen (secondary N) is 1. The molecule has 0 aromatic heterocycles. The number of carbonyl (C=O) groups is 2. The summed E-state index contributed by atoms with van der Waals surface area (Å²) in [5, 5.41) is 16.0. The Kier molecular flexibility index (Phi) is 6.73. The fraction of sp³-hybridized carbons (Fsp3) is 0.600. The van der Waals surface area contributed by atoms with E-state index < -0.39 is 17.8 Å². The van der Waals surface area contributed by atoms with Crippen LogP contribution in [0.4, 0.5) is 0 Å². The number of rotatable bonds is 7. The third kappa shape index (κ3) is 4.31. The van der Waals surface area contributed by atoms with Crippen LogP contribution in [0.5, 0.6) is 0 Å². The van der Waals surface area contributed by atoms with Crippen LogP contribution in [-0.4, -0.2) is 68.2 Å². The quantitative estimate of drug-likeness (QED) is 0.589. The number of ether oxygens (including phenoxy) is 1. The van der Waals surface area contributed by atoms with E-state index in [0.29, 0.717) is 13.2 Å². The highest BCUT2D eigenvalue weighted by molar-refractivity contribution is 6.43. The molecular formula is C10H17N3O4. The Labute approximate surface area is 99.6 Å². The van der Waals surface area contributed by atoms with Gasteiger partial charge in [0, 0.05) is 34.0 Å². The minimum absolute atomic E-state index is 0.330. The van der Waals surface area contributed by atoms with Crippen LogP contribution in [0, 0.1) is 11.3 Å². The predicted molar refractivity (Wildman–Crippen MR) is 62.8 cm³/mol. The number of aliphatic carboxylic acids is 1. The van der Waals surface area contributed by atoms with E-state index in [4.69, 9.17) is 15.3 Å². The molecule has 7 heteroatoms. The number of methoxy groups -OCH3 is 1. The van der Waals surface area contributed by atoms with E-state index in [1.165, 1.54) is 26.1 Å². The second kappa shape index (κ2) is 7.50. The van der Waals surface area contributed by atoms with Crippen LogP contribution in [0.25, 0.3) is 0 Å². The van der Waals surface area contributed by atoms with Gasteiger partial charge in [0.2, 0.25) is 5.91 Å². The molecule has 7 nitrogen and oxygen atoms in total. The zero-order chi connectivity index (χ0) is 13.4. The van der Waals surface area contributed by atoms with Gasteiger partial charge in [-0.1, -0.05) is 0 Å². The molecule has 0 bridgehead atoms. The maximum atomic E-state index is 11.9. The number of hydrogen-bond donors (Lipinski definition) is 2. The summed E-state index contributed by atoms with van der Waals surface area (Å²) >= 11 is 0. The molecule has 17 heavy (non-hydrogen) atoms. The molecule has 1 atom stereocenters. The predicted octanol–water partition coefficient (Wildman–Crippen LogP) is -0.488. The van der Waals surface area contributed by atoms with E-state index in [1.807, 2.05) is 0 Å². The van der Waals surface area contributed by atoms with Gasteiger partial charge >= 0.3 is 5.97 Å². The van der Waals surface area contributed by atoms with Crippen LogP contribution >= 0.6 is 0 Å². The summed E-state index contributed by atoms with van der Waals surface area (Å²) in [5.74, 6) is -2.94. The summed E-state index contributed by atoms with van der Waals surface area (Å²) in [6.07, 6.45) is 0.780. The summed E-state index contributed by atoms with van der Waals surface area (Å²) in [6, 6.07) is 0. The molecule has 0 aliphatic rings. The first-order valence-corrected chi connectivity index (χ1v) is 4.94. The van der Waals surface area contributed by atoms with E-state index >= 15 is 0 Å². The molecule has 0 radical (unpaired) electrons. The van der Waals surface area contributed by atoms with E-state index in [9.17, 15) is 9.59 Å². The lowest BCUT2D eigenvalue weighted by molar-refractivity contribution is -0.134. The van der Waals surface area contributed by atoms with Crippen LogP contribution in [-0.2, 0) is 14.3 Å². The lowest BCUT2D eigenvalue weighted by atomic mass is 10.0. The van der Waals surface area contributed by atoms with Crippen molar-refractivity contribution in [2.75, 3.05) is 34.4 Å². The molecule has 0 saturated carbocycles. The van der Waals surface area contributed by atoms with Gasteiger partial charge in [0.25, 0.3) is 0 Å². The van der Waals surface area contributed by atoms with Crippen molar-refractivity contribution in [1.82, 2.24) is 4.90 Å². The van der Waals surface area contributed by atoms with Gasteiger partial charge in [-0.2, -0.15) is 0 Å². The Morgan fingerprint density at radius 3 is 2.53 bits per heavy atom. The van der Waals surface area contributed by atoms with Crippen LogP contribution < -0.4 is 0 Å². The molecule has 0 aliphatic carbocycles. The average Bonchev–Trinajstić information content (AvgIpc) is 2.31. The maximum Gasteiger partial charge on any atom is 0.350 e. The molecule has 0 spiro atoms. The fourth-order valence-corrected chi connectivity index (χ4v) is 1.21. The van der Waals surface area contributed by atoms with Crippen LogP contribution in [0.15, 0.2) is 4.99 Å². The Hall–Kier alpha value is -1.76. The molecule has 1 unspecified atom stereocenters. The average molecular weight is 243 g/mol. The van der Waals surface area contributed by atoms with Crippen molar-refractivity contribution >= 4 is 23.8 Å². The second-order valence-electron chi connectivity index (χ2n) is 3.31. The normalized spacial score (nSPS) is 13.0. The number of carbonyl (C=O) groups excluding carboxylic acids is 1. The zero-order valence-electron chi connectivity index (χ0n) is 10.1. The fourth-order valence-electron chi connectivity index (χ4n) is 1.21. The van der Waals surface area contributed by atoms with E-state index in [1.54, 1.807) is 0 Å². The summed E-state index contributed by atoms with van der Waals surface area (Å²) in [6.45, 7) is 0.676. The number of aliphatic imine (C=N–C) groups is 1. The number of amides is 1. The van der Waals surface area contributed by atoms with Crippen LogP contribution in [0.3, 0.4) is 0 Å². The van der Waals surface area contributed by atoms with Crippen LogP contribution in [0.2, 0.25) is 0 Å². The molecule has 0 heterocycles. The van der Waals surface area contributed by atoms with Crippen molar-refractivity contribution < 1.29 is 19.4 Å². The van der Waals surface area contributed by atoms with Crippen molar-refractivity contribution in [2.24, 2.45) is 10.9 Å². The highest BCUT2D eigenvalue weighted by Crippen LogP contribution is 2.03. The first-order chi connectivity index (χ1) is 7.99. The van der Waals surface area contributed by atoms with Crippen molar-refractivity contribution in [2.45, 2.75) is 0 Å². The molecular weight excluding hydrogens is 226 g/mol. The maximum absolute atomic E-state index is 11.9. The molecule has 0 aromatic carbocycles. The third-order valence-corrected chi connectivity index (χ3v) is 2.19. The number of nitrogens with zero attached hydrogens (tertiary/aromatic N) is 2. The minimum Gasteiger partial charge on any atom is -0.477 e. The second-order valence-corrected chi connectivity index (χ2v) is 3.31. The number of hydrogen-bond acceptors (Lipinski definition) is 5. The highest BCUT2D eigenvalue weighted by Gasteiger charge is 2.29. The van der Waals surface area contributed by atoms with Gasteiger partial charge in [0.05, 0.1) is 6.61 Å². The molecule has 1 amide bonds. The highest BCUT2D eigenvalue weighted by atomic mass is 16.5. The van der Waals surface area contributed by atoms with Crippen molar-refractivity contribution in [3.05, 3.63) is 0 Å². The monoisotopic (exact) mass is 243 g/mol. The summed E-state index contributed by atoms with van der Waals surface area (Å²) in [5.41, 5.74) is -0.339. The first-order valence-electron chi connectivity index (χ1n) is 4.94. The third-order valence-electron chi connectivity index (χ3n) is 2.19. The summed E-state index contributed by atoms with van der Waals surface area (Å²) in [7, 11) is 4.30. The summed E-state index contributed by atoms with van der Waals surface area (Å²) < 4.78 is 4.81.